The van der Waals surface area contributed by atoms with Crippen LogP contribution in [0.5, 0.6) is 0 Å². The normalized spacial score (nSPS) is 21.1. The highest BCUT2D eigenvalue weighted by molar-refractivity contribution is 7.09. The van der Waals surface area contributed by atoms with E-state index in [4.69, 9.17) is 9.57 Å². The van der Waals surface area contributed by atoms with E-state index >= 15 is 0 Å². The van der Waals surface area contributed by atoms with E-state index in [0.717, 1.165) is 10.6 Å². The van der Waals surface area contributed by atoms with Crippen LogP contribution in [-0.2, 0) is 16.1 Å². The minimum atomic E-state index is -0.410. The Morgan fingerprint density at radius 1 is 1.46 bits per heavy atom. The molecule has 1 aromatic carbocycles. The highest BCUT2D eigenvalue weighted by Crippen LogP contribution is 2.36. The fourth-order valence-corrected chi connectivity index (χ4v) is 3.56. The van der Waals surface area contributed by atoms with Gasteiger partial charge in [0.05, 0.1) is 19.3 Å². The van der Waals surface area contributed by atoms with Gasteiger partial charge in [0.1, 0.15) is 11.1 Å². The molecule has 0 unspecified atom stereocenters. The van der Waals surface area contributed by atoms with Crippen molar-refractivity contribution in [3.05, 3.63) is 52.0 Å². The van der Waals surface area contributed by atoms with Crippen LogP contribution in [0.3, 0.4) is 0 Å². The second-order valence-electron chi connectivity index (χ2n) is 5.51. The number of aromatic nitrogens is 1. The van der Waals surface area contributed by atoms with Gasteiger partial charge in [-0.2, -0.15) is 5.06 Å². The number of rotatable bonds is 6. The maximum atomic E-state index is 11.8. The summed E-state index contributed by atoms with van der Waals surface area (Å²) in [4.78, 5) is 22.0. The molecular formula is C17H20N2O4S. The molecule has 0 saturated carbocycles. The predicted molar refractivity (Wildman–Crippen MR) is 89.4 cm³/mol. The Morgan fingerprint density at radius 3 is 2.96 bits per heavy atom. The lowest BCUT2D eigenvalue weighted by Crippen LogP contribution is -2.23. The topological polar surface area (TPSA) is 71.9 Å². The van der Waals surface area contributed by atoms with Crippen LogP contribution in [0.1, 0.15) is 40.4 Å². The first-order valence-electron chi connectivity index (χ1n) is 7.92. The van der Waals surface area contributed by atoms with Crippen LogP contribution < -0.4 is 0 Å². The highest BCUT2D eigenvalue weighted by Gasteiger charge is 2.36. The molecule has 2 heterocycles. The number of aliphatic hydroxyl groups excluding tert-OH is 1. The fraction of sp³-hybridized carbons (Fsp3) is 0.412. The molecule has 7 heteroatoms. The largest absolute Gasteiger partial charge is 0.461 e. The third kappa shape index (κ3) is 3.81. The van der Waals surface area contributed by atoms with Crippen LogP contribution >= 0.6 is 11.3 Å². The number of aliphatic hydroxyl groups is 1. The number of esters is 1. The summed E-state index contributed by atoms with van der Waals surface area (Å²) in [6.07, 6.45) is 0.382. The highest BCUT2D eigenvalue weighted by atomic mass is 32.1. The zero-order valence-electron chi connectivity index (χ0n) is 13.4. The lowest BCUT2D eigenvalue weighted by Gasteiger charge is -2.21. The summed E-state index contributed by atoms with van der Waals surface area (Å²) in [6.45, 7) is 2.64. The third-order valence-electron chi connectivity index (χ3n) is 3.79. The van der Waals surface area contributed by atoms with Crippen molar-refractivity contribution in [2.75, 3.05) is 13.2 Å². The number of ether oxygens (including phenoxy) is 1. The molecule has 1 aliphatic rings. The molecule has 24 heavy (non-hydrogen) atoms. The lowest BCUT2D eigenvalue weighted by molar-refractivity contribution is -0.178. The van der Waals surface area contributed by atoms with Gasteiger partial charge in [-0.1, -0.05) is 30.3 Å². The van der Waals surface area contributed by atoms with Gasteiger partial charge in [-0.05, 0) is 12.5 Å². The zero-order chi connectivity index (χ0) is 16.9. The second kappa shape index (κ2) is 7.85. The molecule has 1 N–H and O–H groups in total. The number of hydrogen-bond acceptors (Lipinski definition) is 7. The maximum Gasteiger partial charge on any atom is 0.357 e. The number of carbonyl (C=O) groups excluding carboxylic acids is 1. The summed E-state index contributed by atoms with van der Waals surface area (Å²) < 4.78 is 4.99. The molecule has 1 saturated heterocycles. The maximum absolute atomic E-state index is 11.8. The van der Waals surface area contributed by atoms with Crippen molar-refractivity contribution in [3.63, 3.8) is 0 Å². The van der Waals surface area contributed by atoms with Gasteiger partial charge in [0.2, 0.25) is 0 Å². The van der Waals surface area contributed by atoms with E-state index in [1.54, 1.807) is 12.3 Å². The van der Waals surface area contributed by atoms with E-state index in [9.17, 15) is 9.90 Å². The Bertz CT molecular complexity index is 676. The lowest BCUT2D eigenvalue weighted by atomic mass is 10.1. The van der Waals surface area contributed by atoms with Gasteiger partial charge >= 0.3 is 5.97 Å². The van der Waals surface area contributed by atoms with Crippen molar-refractivity contribution < 1.29 is 19.5 Å². The van der Waals surface area contributed by atoms with Crippen molar-refractivity contribution in [2.45, 2.75) is 32.0 Å². The molecule has 0 radical (unpaired) electrons. The molecule has 0 aliphatic carbocycles. The standard InChI is InChI=1S/C17H20N2O4S/c1-2-22-17(21)14-11-24-16(18-14)15-8-13(10-20)23-19(15)9-12-6-4-3-5-7-12/h3-7,11,13,15,20H,2,8-10H2,1H3/t13-,15-/m1/s1. The Hall–Kier alpha value is -1.80. The number of benzene rings is 1. The van der Waals surface area contributed by atoms with E-state index in [0.29, 0.717) is 25.3 Å². The smallest absolute Gasteiger partial charge is 0.357 e. The zero-order valence-corrected chi connectivity index (χ0v) is 14.2. The summed E-state index contributed by atoms with van der Waals surface area (Å²) in [5, 5.41) is 13.8. The first kappa shape index (κ1) is 17.0. The quantitative estimate of drug-likeness (QED) is 0.809. The van der Waals surface area contributed by atoms with Crippen LogP contribution in [0.15, 0.2) is 35.7 Å². The number of thiazole rings is 1. The van der Waals surface area contributed by atoms with E-state index < -0.39 is 5.97 Å². The molecule has 128 valence electrons. The minimum Gasteiger partial charge on any atom is -0.461 e. The molecule has 1 aromatic heterocycles. The second-order valence-corrected chi connectivity index (χ2v) is 6.40. The van der Waals surface area contributed by atoms with Crippen LogP contribution in [0.25, 0.3) is 0 Å². The molecule has 2 aromatic rings. The van der Waals surface area contributed by atoms with Crippen LogP contribution in [0, 0.1) is 0 Å². The summed E-state index contributed by atoms with van der Waals surface area (Å²) in [5.41, 5.74) is 1.44. The SMILES string of the molecule is CCOC(=O)c1csc([C@H]2C[C@H](CO)ON2Cc2ccccc2)n1. The van der Waals surface area contributed by atoms with Gasteiger partial charge in [0.25, 0.3) is 0 Å². The molecule has 0 amide bonds. The molecular weight excluding hydrogens is 328 g/mol. The Kier molecular flexibility index (Phi) is 5.57. The Balaban J connectivity index is 1.77. The molecule has 1 aliphatic heterocycles. The monoisotopic (exact) mass is 348 g/mol. The number of carbonyl (C=O) groups is 1. The van der Waals surface area contributed by atoms with Crippen molar-refractivity contribution in [1.82, 2.24) is 10.0 Å². The summed E-state index contributed by atoms with van der Waals surface area (Å²) in [6, 6.07) is 9.89. The van der Waals surface area contributed by atoms with Gasteiger partial charge in [-0.25, -0.2) is 9.78 Å². The van der Waals surface area contributed by atoms with E-state index in [1.807, 2.05) is 35.4 Å². The Morgan fingerprint density at radius 2 is 2.25 bits per heavy atom. The first-order chi connectivity index (χ1) is 11.7. The van der Waals surface area contributed by atoms with E-state index in [2.05, 4.69) is 4.98 Å². The van der Waals surface area contributed by atoms with E-state index in [-0.39, 0.29) is 18.8 Å². The van der Waals surface area contributed by atoms with Crippen molar-refractivity contribution in [3.8, 4) is 0 Å². The Labute approximate surface area is 144 Å². The van der Waals surface area contributed by atoms with Crippen LogP contribution in [-0.4, -0.2) is 40.4 Å². The molecule has 0 spiro atoms. The number of hydroxylamine groups is 2. The van der Waals surface area contributed by atoms with Crippen molar-refractivity contribution in [2.24, 2.45) is 0 Å². The van der Waals surface area contributed by atoms with E-state index in [1.165, 1.54) is 11.3 Å². The molecule has 0 bridgehead atoms. The molecule has 6 nitrogen and oxygen atoms in total. The average Bonchev–Trinajstić information content (AvgIpc) is 3.22. The molecule has 2 atom stereocenters. The average molecular weight is 348 g/mol. The predicted octanol–water partition coefficient (Wildman–Crippen LogP) is 2.56. The van der Waals surface area contributed by atoms with Gasteiger partial charge in [-0.15, -0.1) is 11.3 Å². The van der Waals surface area contributed by atoms with Gasteiger partial charge < -0.3 is 9.84 Å². The summed E-state index contributed by atoms with van der Waals surface area (Å²) >= 11 is 1.41. The van der Waals surface area contributed by atoms with Crippen LogP contribution in [0.2, 0.25) is 0 Å². The summed E-state index contributed by atoms with van der Waals surface area (Å²) in [5.74, 6) is -0.410. The molecule has 1 fully saturated rings. The van der Waals surface area contributed by atoms with Gasteiger partial charge in [0, 0.05) is 18.3 Å². The minimum absolute atomic E-state index is 0.0438. The number of hydrogen-bond donors (Lipinski definition) is 1. The first-order valence-corrected chi connectivity index (χ1v) is 8.80. The van der Waals surface area contributed by atoms with Crippen LogP contribution in [0.4, 0.5) is 0 Å². The van der Waals surface area contributed by atoms with Crippen molar-refractivity contribution >= 4 is 17.3 Å². The van der Waals surface area contributed by atoms with Crippen molar-refractivity contribution in [1.29, 1.82) is 0 Å². The van der Waals surface area contributed by atoms with Gasteiger partial charge in [0.15, 0.2) is 5.69 Å². The summed E-state index contributed by atoms with van der Waals surface area (Å²) in [7, 11) is 0. The number of nitrogens with zero attached hydrogens (tertiary/aromatic N) is 2. The fourth-order valence-electron chi connectivity index (χ4n) is 2.66. The molecule has 3 rings (SSSR count). The van der Waals surface area contributed by atoms with Gasteiger partial charge in [-0.3, -0.25) is 4.84 Å². The third-order valence-corrected chi connectivity index (χ3v) is 4.74.